The van der Waals surface area contributed by atoms with E-state index in [9.17, 15) is 9.18 Å². The van der Waals surface area contributed by atoms with E-state index in [1.807, 2.05) is 59.5 Å². The lowest BCUT2D eigenvalue weighted by Crippen LogP contribution is -2.44. The molecule has 0 spiro atoms. The Morgan fingerprint density at radius 3 is 2.43 bits per heavy atom. The van der Waals surface area contributed by atoms with E-state index < -0.39 is 0 Å². The first-order chi connectivity index (χ1) is 22.8. The van der Waals surface area contributed by atoms with Crippen LogP contribution >= 0.6 is 23.2 Å². The lowest BCUT2D eigenvalue weighted by molar-refractivity contribution is -0.129. The molecule has 3 heterocycles. The van der Waals surface area contributed by atoms with Crippen molar-refractivity contribution in [1.82, 2.24) is 25.5 Å². The summed E-state index contributed by atoms with van der Waals surface area (Å²) in [4.78, 5) is 23.0. The second-order valence-electron chi connectivity index (χ2n) is 11.5. The Morgan fingerprint density at radius 2 is 1.70 bits per heavy atom. The van der Waals surface area contributed by atoms with E-state index in [4.69, 9.17) is 37.7 Å². The molecule has 1 aliphatic heterocycles. The van der Waals surface area contributed by atoms with Gasteiger partial charge in [-0.25, -0.2) is 4.98 Å². The predicted octanol–water partition coefficient (Wildman–Crippen LogP) is 7.35. The van der Waals surface area contributed by atoms with Crippen LogP contribution in [0, 0.1) is 0 Å². The summed E-state index contributed by atoms with van der Waals surface area (Å²) < 4.78 is 23.8. The Labute approximate surface area is 285 Å². The van der Waals surface area contributed by atoms with E-state index >= 15 is 0 Å². The molecule has 2 N–H and O–H groups in total. The molecule has 2 aromatic carbocycles. The molecule has 47 heavy (non-hydrogen) atoms. The molecular weight excluding hydrogens is 640 g/mol. The van der Waals surface area contributed by atoms with Gasteiger partial charge < -0.3 is 25.0 Å². The van der Waals surface area contributed by atoms with Crippen molar-refractivity contribution in [3.63, 3.8) is 0 Å². The van der Waals surface area contributed by atoms with Crippen molar-refractivity contribution in [3.8, 4) is 45.3 Å². The van der Waals surface area contributed by atoms with E-state index in [0.29, 0.717) is 65.2 Å². The monoisotopic (exact) mass is 679 g/mol. The zero-order valence-corrected chi connectivity index (χ0v) is 28.4. The number of piperidine rings is 1. The van der Waals surface area contributed by atoms with Crippen LogP contribution in [0.3, 0.4) is 0 Å². The van der Waals surface area contributed by atoms with Crippen molar-refractivity contribution in [2.45, 2.75) is 45.3 Å². The Kier molecular flexibility index (Phi) is 12.0. The number of aromatic nitrogens is 2. The molecule has 0 atom stereocenters. The first-order valence-electron chi connectivity index (χ1n) is 15.7. The van der Waals surface area contributed by atoms with Crippen LogP contribution in [-0.4, -0.2) is 67.3 Å². The molecule has 1 amide bonds. The third-order valence-electron chi connectivity index (χ3n) is 8.47. The first kappa shape index (κ1) is 34.6. The largest absolute Gasteiger partial charge is 0.496 e. The second kappa shape index (κ2) is 16.4. The Hall–Kier alpha value is -3.76. The maximum absolute atomic E-state index is 12.5. The molecule has 248 valence electrons. The standard InChI is InChI=1S/C36H40Cl2FN5O3/c1-23(45)44-18-13-27(14-19-44)42-22-26-10-11-31(43-36(26)47-3)30-7-4-6-28(33(30)37)29-12-17-41-35(34(29)38)24-8-9-25(32(20-24)46-2)21-40-16-5-15-39/h4,6-12,17,20,27,40,42H,5,13-16,18-19,21-22H2,1-3H3. The minimum Gasteiger partial charge on any atom is -0.496 e. The van der Waals surface area contributed by atoms with Crippen LogP contribution in [0.1, 0.15) is 37.3 Å². The van der Waals surface area contributed by atoms with E-state index in [1.165, 1.54) is 0 Å². The fourth-order valence-electron chi connectivity index (χ4n) is 5.83. The van der Waals surface area contributed by atoms with Crippen molar-refractivity contribution in [2.24, 2.45) is 0 Å². The fraction of sp³-hybridized carbons (Fsp3) is 0.361. The van der Waals surface area contributed by atoms with Crippen LogP contribution in [0.15, 0.2) is 60.8 Å². The SMILES string of the molecule is COc1cc(-c2nccc(-c3cccc(-c4ccc(CNC5CCN(C(C)=O)CC5)c(OC)n4)c3Cl)c2Cl)ccc1CNCCCF. The molecular formula is C36H40Cl2FN5O3. The van der Waals surface area contributed by atoms with Gasteiger partial charge in [-0.3, -0.25) is 14.2 Å². The maximum atomic E-state index is 12.5. The number of halogens is 3. The van der Waals surface area contributed by atoms with Crippen molar-refractivity contribution < 1.29 is 18.7 Å². The van der Waals surface area contributed by atoms with Crippen LogP contribution in [0.5, 0.6) is 11.6 Å². The number of ether oxygens (including phenoxy) is 2. The molecule has 11 heteroatoms. The quantitative estimate of drug-likeness (QED) is 0.143. The molecule has 1 saturated heterocycles. The highest BCUT2D eigenvalue weighted by Gasteiger charge is 2.22. The third-order valence-corrected chi connectivity index (χ3v) is 9.26. The molecule has 2 aromatic heterocycles. The first-order valence-corrected chi connectivity index (χ1v) is 16.5. The highest BCUT2D eigenvalue weighted by molar-refractivity contribution is 6.39. The van der Waals surface area contributed by atoms with Gasteiger partial charge in [0.15, 0.2) is 0 Å². The van der Waals surface area contributed by atoms with E-state index in [-0.39, 0.29) is 12.6 Å². The number of likely N-dealkylation sites (tertiary alicyclic amines) is 1. The molecule has 1 aliphatic rings. The van der Waals surface area contributed by atoms with Gasteiger partial charge in [-0.05, 0) is 44.0 Å². The molecule has 0 radical (unpaired) electrons. The van der Waals surface area contributed by atoms with Crippen molar-refractivity contribution in [3.05, 3.63) is 82.0 Å². The van der Waals surface area contributed by atoms with Crippen LogP contribution < -0.4 is 20.1 Å². The average Bonchev–Trinajstić information content (AvgIpc) is 3.10. The summed E-state index contributed by atoms with van der Waals surface area (Å²) in [6, 6.07) is 17.7. The normalized spacial score (nSPS) is 13.5. The number of nitrogens with zero attached hydrogens (tertiary/aromatic N) is 3. The summed E-state index contributed by atoms with van der Waals surface area (Å²) in [6.45, 7) is 4.55. The summed E-state index contributed by atoms with van der Waals surface area (Å²) in [5.41, 5.74) is 6.22. The van der Waals surface area contributed by atoms with Gasteiger partial charge >= 0.3 is 0 Å². The molecule has 0 saturated carbocycles. The van der Waals surface area contributed by atoms with E-state index in [1.54, 1.807) is 27.3 Å². The minimum absolute atomic E-state index is 0.127. The summed E-state index contributed by atoms with van der Waals surface area (Å²) in [6.07, 6.45) is 4.00. The number of hydrogen-bond acceptors (Lipinski definition) is 7. The topological polar surface area (TPSA) is 88.6 Å². The molecule has 8 nitrogen and oxygen atoms in total. The van der Waals surface area contributed by atoms with Crippen LogP contribution in [0.4, 0.5) is 4.39 Å². The van der Waals surface area contributed by atoms with E-state index in [2.05, 4.69) is 15.6 Å². The Morgan fingerprint density at radius 1 is 0.957 bits per heavy atom. The molecule has 5 rings (SSSR count). The number of hydrogen-bond donors (Lipinski definition) is 2. The Balaban J connectivity index is 1.37. The highest BCUT2D eigenvalue weighted by Crippen LogP contribution is 2.42. The van der Waals surface area contributed by atoms with Gasteiger partial charge in [-0.2, -0.15) is 0 Å². The molecule has 0 aliphatic carbocycles. The number of methoxy groups -OCH3 is 2. The predicted molar refractivity (Wildman–Crippen MR) is 186 cm³/mol. The number of benzene rings is 2. The maximum Gasteiger partial charge on any atom is 0.219 e. The summed E-state index contributed by atoms with van der Waals surface area (Å²) in [7, 11) is 3.23. The van der Waals surface area contributed by atoms with Gasteiger partial charge in [0.25, 0.3) is 0 Å². The number of nitrogens with one attached hydrogen (secondary N) is 2. The zero-order valence-electron chi connectivity index (χ0n) is 26.9. The van der Waals surface area contributed by atoms with E-state index in [0.717, 1.165) is 59.3 Å². The minimum atomic E-state index is -0.351. The molecule has 4 aromatic rings. The zero-order chi connectivity index (χ0) is 33.3. The third kappa shape index (κ3) is 8.22. The summed E-state index contributed by atoms with van der Waals surface area (Å²) >= 11 is 14.1. The number of pyridine rings is 2. The van der Waals surface area contributed by atoms with Gasteiger partial charge in [0.05, 0.1) is 42.3 Å². The Bertz CT molecular complexity index is 1700. The number of carbonyl (C=O) groups excluding carboxylic acids is 1. The second-order valence-corrected chi connectivity index (χ2v) is 12.2. The van der Waals surface area contributed by atoms with Crippen molar-refractivity contribution in [2.75, 3.05) is 40.5 Å². The molecule has 0 bridgehead atoms. The molecule has 0 unspecified atom stereocenters. The van der Waals surface area contributed by atoms with Crippen molar-refractivity contribution in [1.29, 1.82) is 0 Å². The van der Waals surface area contributed by atoms with Gasteiger partial charge in [0, 0.05) is 78.7 Å². The van der Waals surface area contributed by atoms with Crippen LogP contribution in [0.25, 0.3) is 33.6 Å². The summed E-state index contributed by atoms with van der Waals surface area (Å²) in [5.74, 6) is 1.34. The van der Waals surface area contributed by atoms with Gasteiger partial charge in [-0.1, -0.05) is 59.6 Å². The number of alkyl halides is 1. The number of rotatable bonds is 13. The van der Waals surface area contributed by atoms with Gasteiger partial charge in [0.1, 0.15) is 5.75 Å². The average molecular weight is 681 g/mol. The fourth-order valence-corrected chi connectivity index (χ4v) is 6.47. The lowest BCUT2D eigenvalue weighted by Gasteiger charge is -2.31. The number of carbonyl (C=O) groups is 1. The van der Waals surface area contributed by atoms with Crippen LogP contribution in [-0.2, 0) is 17.9 Å². The molecule has 1 fully saturated rings. The smallest absolute Gasteiger partial charge is 0.219 e. The van der Waals surface area contributed by atoms with Crippen molar-refractivity contribution >= 4 is 29.1 Å². The number of amides is 1. The highest BCUT2D eigenvalue weighted by atomic mass is 35.5. The van der Waals surface area contributed by atoms with Crippen LogP contribution in [0.2, 0.25) is 10.0 Å². The summed E-state index contributed by atoms with van der Waals surface area (Å²) in [5, 5.41) is 7.80. The van der Waals surface area contributed by atoms with Gasteiger partial charge in [-0.15, -0.1) is 0 Å². The lowest BCUT2D eigenvalue weighted by atomic mass is 9.99. The van der Waals surface area contributed by atoms with Gasteiger partial charge in [0.2, 0.25) is 11.8 Å².